The zero-order chi connectivity index (χ0) is 27.1. The number of methoxy groups -OCH3 is 1. The van der Waals surface area contributed by atoms with Crippen molar-refractivity contribution in [1.29, 1.82) is 0 Å². The second kappa shape index (κ2) is 11.7. The average molecular weight is 517 g/mol. The summed E-state index contributed by atoms with van der Waals surface area (Å²) in [5, 5.41) is 14.1. The highest BCUT2D eigenvalue weighted by atomic mass is 16.6. The van der Waals surface area contributed by atoms with Gasteiger partial charge in [-0.25, -0.2) is 14.4 Å². The average Bonchev–Trinajstić information content (AvgIpc) is 3.43. The van der Waals surface area contributed by atoms with Crippen LogP contribution in [0.25, 0.3) is 6.08 Å². The standard InChI is InChI=1S/C23H23N3O11/c1-4-34-18-10-13(9-16(26(31)32)20(18)36-12-19(27)35-5-2)8-15-21(28)25(23(30)24-15)11-14-6-7-17(37-14)22(29)33-3/h6-10H,4-5,11-12H2,1-3H3,(H,24,30)/b15-8-. The topological polar surface area (TPSA) is 177 Å². The van der Waals surface area contributed by atoms with Gasteiger partial charge in [0.1, 0.15) is 11.5 Å². The number of nitrogens with one attached hydrogen (secondary N) is 1. The van der Waals surface area contributed by atoms with Crippen LogP contribution in [0.4, 0.5) is 10.5 Å². The summed E-state index contributed by atoms with van der Waals surface area (Å²) in [5.74, 6) is -2.45. The summed E-state index contributed by atoms with van der Waals surface area (Å²) in [6, 6.07) is 4.47. The third-order valence-corrected chi connectivity index (χ3v) is 4.83. The minimum Gasteiger partial charge on any atom is -0.490 e. The Balaban J connectivity index is 1.88. The van der Waals surface area contributed by atoms with Crippen LogP contribution in [-0.2, 0) is 25.6 Å². The van der Waals surface area contributed by atoms with E-state index in [1.54, 1.807) is 13.8 Å². The van der Waals surface area contributed by atoms with Crippen molar-refractivity contribution in [3.8, 4) is 11.5 Å². The molecule has 14 nitrogen and oxygen atoms in total. The van der Waals surface area contributed by atoms with Gasteiger partial charge in [0.05, 0.1) is 31.8 Å². The fourth-order valence-electron chi connectivity index (χ4n) is 3.28. The molecule has 0 bridgehead atoms. The number of urea groups is 1. The Hall–Kier alpha value is -4.88. The summed E-state index contributed by atoms with van der Waals surface area (Å²) in [7, 11) is 1.18. The molecule has 1 fully saturated rings. The number of nitro benzene ring substituents is 1. The Bertz CT molecular complexity index is 1260. The van der Waals surface area contributed by atoms with Crippen LogP contribution in [-0.4, -0.2) is 60.6 Å². The third-order valence-electron chi connectivity index (χ3n) is 4.83. The Kier molecular flexibility index (Phi) is 8.45. The fraction of sp³-hybridized carbons (Fsp3) is 0.304. The predicted molar refractivity (Wildman–Crippen MR) is 123 cm³/mol. The number of nitrogens with zero attached hydrogens (tertiary/aromatic N) is 2. The van der Waals surface area contributed by atoms with Crippen molar-refractivity contribution in [1.82, 2.24) is 10.2 Å². The van der Waals surface area contributed by atoms with Crippen LogP contribution in [0.15, 0.2) is 34.4 Å². The molecule has 1 saturated heterocycles. The number of carbonyl (C=O) groups excluding carboxylic acids is 4. The molecule has 196 valence electrons. The lowest BCUT2D eigenvalue weighted by atomic mass is 10.1. The molecule has 14 heteroatoms. The SMILES string of the molecule is CCOC(=O)COc1c(OCC)cc(/C=C2\NC(=O)N(Cc3ccc(C(=O)OC)o3)C2=O)cc1[N+](=O)[O-]. The largest absolute Gasteiger partial charge is 0.490 e. The molecule has 0 aliphatic carbocycles. The van der Waals surface area contributed by atoms with Crippen molar-refractivity contribution >= 4 is 35.6 Å². The molecule has 0 saturated carbocycles. The maximum Gasteiger partial charge on any atom is 0.373 e. The summed E-state index contributed by atoms with van der Waals surface area (Å²) >= 11 is 0. The molecule has 1 aliphatic heterocycles. The first-order valence-corrected chi connectivity index (χ1v) is 10.9. The maximum absolute atomic E-state index is 12.9. The number of ether oxygens (including phenoxy) is 4. The summed E-state index contributed by atoms with van der Waals surface area (Å²) in [5.41, 5.74) is -0.543. The summed E-state index contributed by atoms with van der Waals surface area (Å²) in [6.45, 7) is 2.62. The lowest BCUT2D eigenvalue weighted by Gasteiger charge is -2.13. The normalized spacial score (nSPS) is 13.9. The lowest BCUT2D eigenvalue weighted by molar-refractivity contribution is -0.385. The van der Waals surface area contributed by atoms with E-state index < -0.39 is 41.1 Å². The van der Waals surface area contributed by atoms with Gasteiger partial charge in [0, 0.05) is 6.07 Å². The van der Waals surface area contributed by atoms with E-state index in [2.05, 4.69) is 10.1 Å². The van der Waals surface area contributed by atoms with Crippen molar-refractivity contribution in [3.05, 3.63) is 57.2 Å². The molecule has 1 aliphatic rings. The minimum absolute atomic E-state index is 0.0487. The zero-order valence-electron chi connectivity index (χ0n) is 20.1. The number of benzene rings is 1. The highest BCUT2D eigenvalue weighted by Gasteiger charge is 2.35. The molecule has 1 aromatic carbocycles. The van der Waals surface area contributed by atoms with Crippen molar-refractivity contribution in [3.63, 3.8) is 0 Å². The number of esters is 2. The number of furan rings is 1. The molecule has 37 heavy (non-hydrogen) atoms. The van der Waals surface area contributed by atoms with Gasteiger partial charge >= 0.3 is 23.7 Å². The Morgan fingerprint density at radius 3 is 2.57 bits per heavy atom. The van der Waals surface area contributed by atoms with Crippen molar-refractivity contribution in [2.24, 2.45) is 0 Å². The quantitative estimate of drug-likeness (QED) is 0.152. The van der Waals surface area contributed by atoms with Crippen molar-refractivity contribution in [2.45, 2.75) is 20.4 Å². The van der Waals surface area contributed by atoms with Gasteiger partial charge in [-0.05, 0) is 43.7 Å². The van der Waals surface area contributed by atoms with E-state index in [0.717, 1.165) is 11.0 Å². The summed E-state index contributed by atoms with van der Waals surface area (Å²) in [6.07, 6.45) is 1.23. The van der Waals surface area contributed by atoms with Gasteiger partial charge in [-0.1, -0.05) is 0 Å². The Labute approximate surface area is 209 Å². The van der Waals surface area contributed by atoms with Gasteiger partial charge in [0.25, 0.3) is 5.91 Å². The van der Waals surface area contributed by atoms with Gasteiger partial charge < -0.3 is 28.7 Å². The van der Waals surface area contributed by atoms with Gasteiger partial charge in [-0.15, -0.1) is 0 Å². The van der Waals surface area contributed by atoms with E-state index in [1.165, 1.54) is 31.4 Å². The molecule has 2 heterocycles. The molecule has 1 N–H and O–H groups in total. The van der Waals surface area contributed by atoms with E-state index in [-0.39, 0.29) is 54.0 Å². The minimum atomic E-state index is -0.763. The number of imide groups is 1. The van der Waals surface area contributed by atoms with Crippen LogP contribution in [0.1, 0.15) is 35.7 Å². The molecule has 0 atom stereocenters. The van der Waals surface area contributed by atoms with Crippen LogP contribution in [0.5, 0.6) is 11.5 Å². The van der Waals surface area contributed by atoms with Gasteiger partial charge in [0.2, 0.25) is 11.5 Å². The van der Waals surface area contributed by atoms with E-state index >= 15 is 0 Å². The monoisotopic (exact) mass is 517 g/mol. The van der Waals surface area contributed by atoms with Crippen LogP contribution >= 0.6 is 0 Å². The van der Waals surface area contributed by atoms with Gasteiger partial charge in [-0.3, -0.25) is 19.8 Å². The second-order valence-corrected chi connectivity index (χ2v) is 7.29. The maximum atomic E-state index is 12.9. The van der Waals surface area contributed by atoms with Gasteiger partial charge in [0.15, 0.2) is 12.4 Å². The molecule has 0 spiro atoms. The molecule has 3 rings (SSSR count). The molecule has 1 aromatic heterocycles. The van der Waals surface area contributed by atoms with Crippen LogP contribution in [0.3, 0.4) is 0 Å². The smallest absolute Gasteiger partial charge is 0.373 e. The van der Waals surface area contributed by atoms with E-state index in [9.17, 15) is 29.3 Å². The lowest BCUT2D eigenvalue weighted by Crippen LogP contribution is -2.30. The third kappa shape index (κ3) is 6.22. The predicted octanol–water partition coefficient (Wildman–Crippen LogP) is 2.41. The molecule has 2 aromatic rings. The molecular formula is C23H23N3O11. The number of carbonyl (C=O) groups is 4. The molecular weight excluding hydrogens is 494 g/mol. The van der Waals surface area contributed by atoms with Crippen LogP contribution in [0.2, 0.25) is 0 Å². The first kappa shape index (κ1) is 26.7. The zero-order valence-corrected chi connectivity index (χ0v) is 20.1. The highest BCUT2D eigenvalue weighted by Crippen LogP contribution is 2.39. The molecule has 3 amide bonds. The van der Waals surface area contributed by atoms with E-state index in [1.807, 2.05) is 0 Å². The second-order valence-electron chi connectivity index (χ2n) is 7.29. The Morgan fingerprint density at radius 1 is 1.16 bits per heavy atom. The Morgan fingerprint density at radius 2 is 1.92 bits per heavy atom. The van der Waals surface area contributed by atoms with Crippen molar-refractivity contribution < 1.29 is 47.5 Å². The van der Waals surface area contributed by atoms with Crippen LogP contribution < -0.4 is 14.8 Å². The van der Waals surface area contributed by atoms with Gasteiger partial charge in [-0.2, -0.15) is 0 Å². The highest BCUT2D eigenvalue weighted by molar-refractivity contribution is 6.13. The van der Waals surface area contributed by atoms with E-state index in [4.69, 9.17) is 18.6 Å². The van der Waals surface area contributed by atoms with Crippen molar-refractivity contribution in [2.75, 3.05) is 26.9 Å². The number of hydrogen-bond donors (Lipinski definition) is 1. The summed E-state index contributed by atoms with van der Waals surface area (Å²) < 4.78 is 25.4. The number of hydrogen-bond acceptors (Lipinski definition) is 11. The van der Waals surface area contributed by atoms with Crippen LogP contribution in [0, 0.1) is 10.1 Å². The fourth-order valence-corrected chi connectivity index (χ4v) is 3.28. The molecule has 0 unspecified atom stereocenters. The first-order chi connectivity index (χ1) is 17.7. The summed E-state index contributed by atoms with van der Waals surface area (Å²) in [4.78, 5) is 60.3. The van der Waals surface area contributed by atoms with E-state index in [0.29, 0.717) is 0 Å². The number of nitro groups is 1. The number of amides is 3. The number of rotatable bonds is 11. The molecule has 0 radical (unpaired) electrons. The first-order valence-electron chi connectivity index (χ1n) is 10.9.